The predicted molar refractivity (Wildman–Crippen MR) is 122 cm³/mol. The molecular weight excluding hydrogens is 426 g/mol. The molecule has 0 radical (unpaired) electrons. The number of ether oxygens (including phenoxy) is 1. The van der Waals surface area contributed by atoms with Crippen molar-refractivity contribution in [2.24, 2.45) is 0 Å². The van der Waals surface area contributed by atoms with E-state index in [1.54, 1.807) is 28.7 Å². The Hall–Kier alpha value is -3.66. The minimum absolute atomic E-state index is 0.165. The number of aromatic nitrogens is 6. The number of benzene rings is 2. The van der Waals surface area contributed by atoms with Crippen LogP contribution in [0.2, 0.25) is 0 Å². The average Bonchev–Trinajstić information content (AvgIpc) is 3.44. The first-order valence-electron chi connectivity index (χ1n) is 9.97. The molecule has 0 aliphatic carbocycles. The maximum absolute atomic E-state index is 12.6. The Balaban J connectivity index is 1.39. The van der Waals surface area contributed by atoms with Crippen molar-refractivity contribution in [2.75, 3.05) is 18.2 Å². The van der Waals surface area contributed by atoms with Gasteiger partial charge in [0.05, 0.1) is 31.3 Å². The van der Waals surface area contributed by atoms with Gasteiger partial charge in [0.1, 0.15) is 11.6 Å². The van der Waals surface area contributed by atoms with Gasteiger partial charge in [0.2, 0.25) is 11.1 Å². The summed E-state index contributed by atoms with van der Waals surface area (Å²) >= 11 is 1.28. The maximum atomic E-state index is 12.6. The molecule has 0 saturated heterocycles. The number of hydrogen-bond donors (Lipinski definition) is 1. The zero-order valence-electron chi connectivity index (χ0n) is 18.0. The van der Waals surface area contributed by atoms with Crippen LogP contribution in [0.4, 0.5) is 5.82 Å². The van der Waals surface area contributed by atoms with E-state index >= 15 is 0 Å². The highest BCUT2D eigenvalue weighted by Gasteiger charge is 2.15. The van der Waals surface area contributed by atoms with Gasteiger partial charge < -0.3 is 10.1 Å². The summed E-state index contributed by atoms with van der Waals surface area (Å²) in [6.45, 7) is 4.60. The van der Waals surface area contributed by atoms with E-state index in [0.29, 0.717) is 17.5 Å². The number of thioether (sulfide) groups is 1. The molecule has 0 saturated carbocycles. The van der Waals surface area contributed by atoms with Gasteiger partial charge in [-0.25, -0.2) is 4.68 Å². The van der Waals surface area contributed by atoms with E-state index in [4.69, 9.17) is 4.74 Å². The molecule has 9 nitrogen and oxygen atoms in total. The fraction of sp³-hybridized carbons (Fsp3) is 0.227. The second kappa shape index (κ2) is 9.65. The van der Waals surface area contributed by atoms with Crippen molar-refractivity contribution in [3.63, 3.8) is 0 Å². The van der Waals surface area contributed by atoms with E-state index in [1.165, 1.54) is 11.8 Å². The van der Waals surface area contributed by atoms with Crippen LogP contribution in [0.15, 0.2) is 59.9 Å². The van der Waals surface area contributed by atoms with Crippen molar-refractivity contribution >= 4 is 23.5 Å². The first kappa shape index (κ1) is 21.6. The number of nitrogens with one attached hydrogen (secondary N) is 1. The van der Waals surface area contributed by atoms with Gasteiger partial charge in [-0.15, -0.1) is 5.10 Å². The van der Waals surface area contributed by atoms with E-state index in [-0.39, 0.29) is 11.7 Å². The Labute approximate surface area is 189 Å². The molecule has 164 valence electrons. The molecule has 0 aliphatic rings. The van der Waals surface area contributed by atoms with Crippen LogP contribution in [-0.2, 0) is 11.3 Å². The van der Waals surface area contributed by atoms with Gasteiger partial charge in [-0.05, 0) is 59.2 Å². The molecule has 2 heterocycles. The van der Waals surface area contributed by atoms with Crippen LogP contribution in [0.5, 0.6) is 5.75 Å². The Morgan fingerprint density at radius 2 is 1.94 bits per heavy atom. The first-order valence-corrected chi connectivity index (χ1v) is 11.0. The molecular formula is C22H23N7O2S. The Morgan fingerprint density at radius 3 is 2.72 bits per heavy atom. The smallest absolute Gasteiger partial charge is 0.235 e. The lowest BCUT2D eigenvalue weighted by molar-refractivity contribution is -0.113. The van der Waals surface area contributed by atoms with Crippen LogP contribution < -0.4 is 10.1 Å². The minimum Gasteiger partial charge on any atom is -0.497 e. The molecule has 0 aliphatic heterocycles. The molecule has 0 fully saturated rings. The summed E-state index contributed by atoms with van der Waals surface area (Å²) in [7, 11) is 1.63. The largest absolute Gasteiger partial charge is 0.497 e. The van der Waals surface area contributed by atoms with Crippen molar-refractivity contribution in [1.82, 2.24) is 30.0 Å². The van der Waals surface area contributed by atoms with Gasteiger partial charge in [-0.3, -0.25) is 4.79 Å². The van der Waals surface area contributed by atoms with Crippen LogP contribution in [0.25, 0.3) is 5.69 Å². The van der Waals surface area contributed by atoms with E-state index in [9.17, 15) is 4.79 Å². The third-order valence-corrected chi connectivity index (χ3v) is 5.97. The molecule has 10 heteroatoms. The van der Waals surface area contributed by atoms with Gasteiger partial charge in [0, 0.05) is 6.07 Å². The van der Waals surface area contributed by atoms with Crippen molar-refractivity contribution in [2.45, 2.75) is 25.5 Å². The normalized spacial score (nSPS) is 10.8. The van der Waals surface area contributed by atoms with Crippen LogP contribution in [0.3, 0.4) is 0 Å². The summed E-state index contributed by atoms with van der Waals surface area (Å²) in [6, 6.07) is 15.5. The fourth-order valence-corrected chi connectivity index (χ4v) is 3.85. The molecule has 0 atom stereocenters. The third kappa shape index (κ3) is 4.80. The van der Waals surface area contributed by atoms with Gasteiger partial charge in [0.25, 0.3) is 0 Å². The number of carbonyl (C=O) groups excluding carboxylic acids is 1. The topological polar surface area (TPSA) is 99.8 Å². The Kier molecular flexibility index (Phi) is 6.50. The Bertz CT molecular complexity index is 1220. The summed E-state index contributed by atoms with van der Waals surface area (Å²) < 4.78 is 8.59. The molecule has 1 amide bonds. The molecule has 0 spiro atoms. The summed E-state index contributed by atoms with van der Waals surface area (Å²) in [5, 5.41) is 19.7. The molecule has 2 aromatic carbocycles. The van der Waals surface area contributed by atoms with E-state index < -0.39 is 0 Å². The molecule has 32 heavy (non-hydrogen) atoms. The minimum atomic E-state index is -0.165. The van der Waals surface area contributed by atoms with Gasteiger partial charge >= 0.3 is 0 Å². The first-order chi connectivity index (χ1) is 15.5. The van der Waals surface area contributed by atoms with Gasteiger partial charge in [-0.2, -0.15) is 9.78 Å². The SMILES string of the molecule is COc1ccc(Cn2nccc2NC(=O)CSc2nnnn2-c2cccc(C)c2C)cc1. The number of aryl methyl sites for hydroxylation is 1. The second-order valence-corrected chi connectivity index (χ2v) is 8.09. The number of rotatable bonds is 8. The number of nitrogens with zero attached hydrogens (tertiary/aromatic N) is 6. The molecule has 4 rings (SSSR count). The van der Waals surface area contributed by atoms with E-state index in [1.807, 2.05) is 56.3 Å². The molecule has 2 aromatic heterocycles. The number of anilines is 1. The molecule has 1 N–H and O–H groups in total. The quantitative estimate of drug-likeness (QED) is 0.412. The number of amides is 1. The summed E-state index contributed by atoms with van der Waals surface area (Å²) in [6.07, 6.45) is 1.66. The van der Waals surface area contributed by atoms with Gasteiger partial charge in [0.15, 0.2) is 0 Å². The van der Waals surface area contributed by atoms with Crippen LogP contribution in [0, 0.1) is 13.8 Å². The fourth-order valence-electron chi connectivity index (χ4n) is 3.16. The zero-order valence-corrected chi connectivity index (χ0v) is 18.8. The average molecular weight is 450 g/mol. The molecule has 0 bridgehead atoms. The number of hydrogen-bond acceptors (Lipinski definition) is 7. The lowest BCUT2D eigenvalue weighted by Gasteiger charge is -2.11. The number of tetrazole rings is 1. The highest BCUT2D eigenvalue weighted by Crippen LogP contribution is 2.22. The second-order valence-electron chi connectivity index (χ2n) is 7.15. The lowest BCUT2D eigenvalue weighted by atomic mass is 10.1. The third-order valence-electron chi connectivity index (χ3n) is 5.05. The Morgan fingerprint density at radius 1 is 1.12 bits per heavy atom. The van der Waals surface area contributed by atoms with E-state index in [0.717, 1.165) is 28.1 Å². The van der Waals surface area contributed by atoms with E-state index in [2.05, 4.69) is 25.9 Å². The number of methoxy groups -OCH3 is 1. The van der Waals surface area contributed by atoms with Gasteiger partial charge in [-0.1, -0.05) is 36.0 Å². The summed E-state index contributed by atoms with van der Waals surface area (Å²) in [4.78, 5) is 12.6. The number of carbonyl (C=O) groups is 1. The monoisotopic (exact) mass is 449 g/mol. The standard InChI is InChI=1S/C22H23N7O2S/c1-15-5-4-6-19(16(15)2)29-22(25-26-27-29)32-14-21(30)24-20-11-12-23-28(20)13-17-7-9-18(31-3)10-8-17/h4-12H,13-14H2,1-3H3,(H,24,30). The highest BCUT2D eigenvalue weighted by molar-refractivity contribution is 7.99. The predicted octanol–water partition coefficient (Wildman–Crippen LogP) is 3.26. The lowest BCUT2D eigenvalue weighted by Crippen LogP contribution is -2.18. The summed E-state index contributed by atoms with van der Waals surface area (Å²) in [5.74, 6) is 1.42. The van der Waals surface area contributed by atoms with Crippen molar-refractivity contribution in [3.8, 4) is 11.4 Å². The highest BCUT2D eigenvalue weighted by atomic mass is 32.2. The van der Waals surface area contributed by atoms with Crippen molar-refractivity contribution < 1.29 is 9.53 Å². The van der Waals surface area contributed by atoms with Crippen LogP contribution in [0.1, 0.15) is 16.7 Å². The molecule has 0 unspecified atom stereocenters. The van der Waals surface area contributed by atoms with Crippen LogP contribution in [-0.4, -0.2) is 48.8 Å². The molecule has 4 aromatic rings. The summed E-state index contributed by atoms with van der Waals surface area (Å²) in [5.41, 5.74) is 4.19. The van der Waals surface area contributed by atoms with Crippen LogP contribution >= 0.6 is 11.8 Å². The maximum Gasteiger partial charge on any atom is 0.235 e. The van der Waals surface area contributed by atoms with Crippen molar-refractivity contribution in [3.05, 3.63) is 71.4 Å². The zero-order chi connectivity index (χ0) is 22.5. The van der Waals surface area contributed by atoms with Crippen molar-refractivity contribution in [1.29, 1.82) is 0 Å².